The first kappa shape index (κ1) is 21.0. The molecule has 26 heavy (non-hydrogen) atoms. The van der Waals surface area contributed by atoms with E-state index in [9.17, 15) is 10.2 Å². The molecular formula is C21H38IN2O2-. The summed E-state index contributed by atoms with van der Waals surface area (Å²) in [5, 5.41) is 24.7. The standard InChI is InChI=1S/C21H38IN2O2/c1-14-4-6-18(10-15(14)2)21(26)23-19-7-5-17(11-20(19)25)13-24-9-8-22-16(3)12-24/h4,15-21,23,25-26H,5-13H2,1-3H3/q-1. The average Bonchev–Trinajstić information content (AvgIpc) is 2.59. The second-order valence-electron chi connectivity index (χ2n) is 8.93. The Hall–Kier alpha value is 0.310. The van der Waals surface area contributed by atoms with E-state index in [0.29, 0.717) is 33.0 Å². The fourth-order valence-electron chi connectivity index (χ4n) is 4.86. The summed E-state index contributed by atoms with van der Waals surface area (Å²) < 4.78 is 2.36. The summed E-state index contributed by atoms with van der Waals surface area (Å²) in [7, 11) is 0. The van der Waals surface area contributed by atoms with Crippen molar-refractivity contribution in [3.8, 4) is 0 Å². The van der Waals surface area contributed by atoms with Crippen LogP contribution in [0.4, 0.5) is 0 Å². The monoisotopic (exact) mass is 477 g/mol. The first-order chi connectivity index (χ1) is 12.4. The van der Waals surface area contributed by atoms with Gasteiger partial charge >= 0.3 is 139 Å². The van der Waals surface area contributed by atoms with E-state index in [-0.39, 0.29) is 18.1 Å². The molecule has 3 rings (SSSR count). The van der Waals surface area contributed by atoms with Crippen LogP contribution in [0.25, 0.3) is 0 Å². The van der Waals surface area contributed by atoms with E-state index in [1.165, 1.54) is 29.5 Å². The van der Waals surface area contributed by atoms with Crippen LogP contribution in [0.15, 0.2) is 11.6 Å². The van der Waals surface area contributed by atoms with Crippen LogP contribution >= 0.6 is 0 Å². The van der Waals surface area contributed by atoms with Crippen LogP contribution in [-0.4, -0.2) is 61.5 Å². The molecule has 152 valence electrons. The second kappa shape index (κ2) is 9.68. The van der Waals surface area contributed by atoms with Crippen molar-refractivity contribution in [2.24, 2.45) is 17.8 Å². The molecule has 4 nitrogen and oxygen atoms in total. The van der Waals surface area contributed by atoms with E-state index in [0.717, 1.165) is 36.2 Å². The summed E-state index contributed by atoms with van der Waals surface area (Å²) >= 11 is 0.427. The molecule has 0 aromatic heterocycles. The van der Waals surface area contributed by atoms with Crippen molar-refractivity contribution in [2.45, 2.75) is 75.2 Å². The van der Waals surface area contributed by atoms with E-state index in [2.05, 4.69) is 37.1 Å². The van der Waals surface area contributed by atoms with Gasteiger partial charge in [-0.2, -0.15) is 0 Å². The van der Waals surface area contributed by atoms with E-state index >= 15 is 0 Å². The molecule has 0 aromatic rings. The van der Waals surface area contributed by atoms with Gasteiger partial charge in [0.25, 0.3) is 0 Å². The van der Waals surface area contributed by atoms with Crippen LogP contribution in [0, 0.1) is 17.8 Å². The quantitative estimate of drug-likeness (QED) is 0.210. The Morgan fingerprint density at radius 3 is 2.81 bits per heavy atom. The number of hydrogen-bond acceptors (Lipinski definition) is 4. The van der Waals surface area contributed by atoms with Crippen molar-refractivity contribution in [1.82, 2.24) is 10.2 Å². The molecule has 1 heterocycles. The Morgan fingerprint density at radius 2 is 2.12 bits per heavy atom. The number of nitrogens with one attached hydrogen (secondary N) is 1. The van der Waals surface area contributed by atoms with Crippen LogP contribution < -0.4 is 26.5 Å². The smallest absolute Gasteiger partial charge is 0.0587 e. The molecule has 3 aliphatic rings. The van der Waals surface area contributed by atoms with Gasteiger partial charge in [-0.15, -0.1) is 0 Å². The van der Waals surface area contributed by atoms with Gasteiger partial charge in [0, 0.05) is 0 Å². The van der Waals surface area contributed by atoms with Crippen molar-refractivity contribution in [1.29, 1.82) is 0 Å². The molecule has 0 spiro atoms. The topological polar surface area (TPSA) is 55.7 Å². The zero-order valence-corrected chi connectivity index (χ0v) is 18.9. The van der Waals surface area contributed by atoms with E-state index < -0.39 is 6.23 Å². The number of allylic oxidation sites excluding steroid dienone is 2. The van der Waals surface area contributed by atoms with Gasteiger partial charge in [-0.05, 0) is 12.8 Å². The first-order valence-electron chi connectivity index (χ1n) is 10.5. The van der Waals surface area contributed by atoms with Crippen molar-refractivity contribution in [3.63, 3.8) is 0 Å². The van der Waals surface area contributed by atoms with Crippen LogP contribution in [-0.2, 0) is 0 Å². The fraction of sp³-hybridized carbons (Fsp3) is 0.905. The Labute approximate surface area is 170 Å². The molecule has 5 heteroatoms. The van der Waals surface area contributed by atoms with Gasteiger partial charge in [-0.25, -0.2) is 0 Å². The number of nitrogens with zero attached hydrogens (tertiary/aromatic N) is 1. The molecule has 2 aliphatic carbocycles. The Bertz CT molecular complexity index is 487. The number of hydrogen-bond donors (Lipinski definition) is 3. The number of halogens is 1. The predicted molar refractivity (Wildman–Crippen MR) is 103 cm³/mol. The van der Waals surface area contributed by atoms with Gasteiger partial charge in [0.05, 0.1) is 0 Å². The normalized spacial score (nSPS) is 41.2. The van der Waals surface area contributed by atoms with Crippen molar-refractivity contribution >= 4 is 0 Å². The first-order valence-corrected chi connectivity index (χ1v) is 13.3. The van der Waals surface area contributed by atoms with Gasteiger partial charge in [0.1, 0.15) is 0 Å². The number of alkyl halides is 2. The summed E-state index contributed by atoms with van der Waals surface area (Å²) in [4.78, 5) is 2.63. The predicted octanol–water partition coefficient (Wildman–Crippen LogP) is -0.790. The molecule has 0 aromatic carbocycles. The molecule has 7 unspecified atom stereocenters. The molecule has 1 aliphatic heterocycles. The van der Waals surface area contributed by atoms with Crippen LogP contribution in [0.1, 0.15) is 52.9 Å². The number of rotatable bonds is 5. The molecule has 0 bridgehead atoms. The minimum absolute atomic E-state index is 0.0507. The van der Waals surface area contributed by atoms with Crippen LogP contribution in [0.3, 0.4) is 0 Å². The molecule has 1 saturated carbocycles. The average molecular weight is 477 g/mol. The summed E-state index contributed by atoms with van der Waals surface area (Å²) in [5.41, 5.74) is 1.45. The van der Waals surface area contributed by atoms with Gasteiger partial charge in [0.2, 0.25) is 0 Å². The molecule has 0 radical (unpaired) electrons. The molecule has 2 fully saturated rings. The SMILES string of the molecule is CC1=CCC(C(O)NC2CCC(CN3CC[I-]C(C)C3)CC2O)CC1C. The molecule has 7 atom stereocenters. The summed E-state index contributed by atoms with van der Waals surface area (Å²) in [6, 6.07) is 0.0507. The van der Waals surface area contributed by atoms with E-state index in [1.807, 2.05) is 0 Å². The van der Waals surface area contributed by atoms with Crippen LogP contribution in [0.2, 0.25) is 0 Å². The van der Waals surface area contributed by atoms with Gasteiger partial charge in [-0.1, -0.05) is 18.6 Å². The molecule has 3 N–H and O–H groups in total. The summed E-state index contributed by atoms with van der Waals surface area (Å²) in [5.74, 6) is 1.45. The Kier molecular flexibility index (Phi) is 7.83. The third kappa shape index (κ3) is 5.66. The minimum atomic E-state index is -0.495. The Balaban J connectivity index is 1.43. The zero-order chi connectivity index (χ0) is 18.7. The Morgan fingerprint density at radius 1 is 1.31 bits per heavy atom. The van der Waals surface area contributed by atoms with Gasteiger partial charge in [0.15, 0.2) is 0 Å². The fourth-order valence-corrected chi connectivity index (χ4v) is 7.72. The number of aliphatic hydroxyl groups is 2. The molecule has 0 amide bonds. The zero-order valence-electron chi connectivity index (χ0n) is 16.7. The van der Waals surface area contributed by atoms with Gasteiger partial charge in [-0.3, -0.25) is 0 Å². The third-order valence-corrected chi connectivity index (χ3v) is 9.73. The number of aliphatic hydroxyl groups excluding tert-OH is 2. The van der Waals surface area contributed by atoms with Crippen molar-refractivity contribution in [2.75, 3.05) is 24.1 Å². The summed E-state index contributed by atoms with van der Waals surface area (Å²) in [6.07, 6.45) is 6.48. The van der Waals surface area contributed by atoms with Gasteiger partial charge < -0.3 is 0 Å². The van der Waals surface area contributed by atoms with Crippen molar-refractivity contribution in [3.05, 3.63) is 11.6 Å². The third-order valence-electron chi connectivity index (χ3n) is 6.73. The maximum absolute atomic E-state index is 10.7. The van der Waals surface area contributed by atoms with E-state index in [1.54, 1.807) is 0 Å². The molecular weight excluding hydrogens is 439 g/mol. The summed E-state index contributed by atoms with van der Waals surface area (Å²) in [6.45, 7) is 10.5. The maximum atomic E-state index is 10.7. The minimum Gasteiger partial charge on any atom is -0.0587 e. The second-order valence-corrected chi connectivity index (χ2v) is 13.0. The van der Waals surface area contributed by atoms with Crippen molar-refractivity contribution < 1.29 is 31.4 Å². The van der Waals surface area contributed by atoms with E-state index in [4.69, 9.17) is 0 Å². The van der Waals surface area contributed by atoms with Crippen LogP contribution in [0.5, 0.6) is 0 Å². The molecule has 1 saturated heterocycles.